The highest BCUT2D eigenvalue weighted by Crippen LogP contribution is 2.21. The molecule has 1 heterocycles. The van der Waals surface area contributed by atoms with Gasteiger partial charge in [-0.25, -0.2) is 4.79 Å². The number of aliphatic carboxylic acids is 1. The molecule has 1 fully saturated rings. The van der Waals surface area contributed by atoms with E-state index >= 15 is 0 Å². The van der Waals surface area contributed by atoms with Crippen LogP contribution in [0.15, 0.2) is 0 Å². The lowest BCUT2D eigenvalue weighted by Gasteiger charge is -2.30. The van der Waals surface area contributed by atoms with Crippen molar-refractivity contribution in [3.05, 3.63) is 0 Å². The topological polar surface area (TPSA) is 116 Å². The van der Waals surface area contributed by atoms with Gasteiger partial charge in [-0.2, -0.15) is 0 Å². The molecule has 8 nitrogen and oxygen atoms in total. The molecule has 0 aromatic heterocycles. The van der Waals surface area contributed by atoms with Gasteiger partial charge in [-0.15, -0.1) is 0 Å². The van der Waals surface area contributed by atoms with Crippen LogP contribution in [0.25, 0.3) is 0 Å². The fraction of sp³-hybridized carbons (Fsp3) is 0.800. The monoisotopic (exact) mass is 330 g/mol. The molecule has 0 spiro atoms. The Hall–Kier alpha value is -1.83. The smallest absolute Gasteiger partial charge is 0.408 e. The van der Waals surface area contributed by atoms with Crippen LogP contribution in [0.2, 0.25) is 0 Å². The van der Waals surface area contributed by atoms with Gasteiger partial charge >= 0.3 is 12.1 Å². The predicted molar refractivity (Wildman–Crippen MR) is 81.8 cm³/mol. The fourth-order valence-corrected chi connectivity index (χ4v) is 2.60. The first kappa shape index (κ1) is 19.2. The van der Waals surface area contributed by atoms with Crippen molar-refractivity contribution >= 4 is 18.0 Å². The third-order valence-electron chi connectivity index (χ3n) is 3.51. The zero-order valence-corrected chi connectivity index (χ0v) is 13.9. The molecule has 0 aliphatic carbocycles. The normalized spacial score (nSPS) is 22.4. The van der Waals surface area contributed by atoms with Crippen LogP contribution < -0.4 is 5.32 Å². The van der Waals surface area contributed by atoms with E-state index in [1.165, 1.54) is 4.90 Å². The second-order valence-electron chi connectivity index (χ2n) is 6.66. The largest absolute Gasteiger partial charge is 0.480 e. The van der Waals surface area contributed by atoms with Crippen LogP contribution in [0.4, 0.5) is 4.79 Å². The Morgan fingerprint density at radius 3 is 2.52 bits per heavy atom. The molecule has 1 aliphatic rings. The number of alkyl carbamates (subject to hydrolysis) is 1. The van der Waals surface area contributed by atoms with E-state index in [1.807, 2.05) is 0 Å². The minimum absolute atomic E-state index is 0.127. The van der Waals surface area contributed by atoms with Crippen LogP contribution in [0, 0.1) is 0 Å². The van der Waals surface area contributed by atoms with Crippen molar-refractivity contribution in [3.8, 4) is 0 Å². The zero-order valence-electron chi connectivity index (χ0n) is 13.9. The fourth-order valence-electron chi connectivity index (χ4n) is 2.60. The molecular weight excluding hydrogens is 304 g/mol. The van der Waals surface area contributed by atoms with E-state index in [2.05, 4.69) is 5.32 Å². The summed E-state index contributed by atoms with van der Waals surface area (Å²) < 4.78 is 5.14. The number of carbonyl (C=O) groups excluding carboxylic acids is 2. The third-order valence-corrected chi connectivity index (χ3v) is 3.51. The highest BCUT2D eigenvalue weighted by molar-refractivity contribution is 5.88. The number of carbonyl (C=O) groups is 3. The van der Waals surface area contributed by atoms with E-state index < -0.39 is 36.2 Å². The summed E-state index contributed by atoms with van der Waals surface area (Å²) in [5.41, 5.74) is -0.683. The van der Waals surface area contributed by atoms with Gasteiger partial charge in [-0.3, -0.25) is 9.59 Å². The zero-order chi connectivity index (χ0) is 17.6. The highest BCUT2D eigenvalue weighted by atomic mass is 16.6. The molecule has 0 aromatic rings. The van der Waals surface area contributed by atoms with Crippen molar-refractivity contribution in [3.63, 3.8) is 0 Å². The van der Waals surface area contributed by atoms with E-state index in [-0.39, 0.29) is 12.6 Å². The lowest BCUT2D eigenvalue weighted by atomic mass is 10.1. The van der Waals surface area contributed by atoms with Gasteiger partial charge in [0.15, 0.2) is 0 Å². The van der Waals surface area contributed by atoms with Gasteiger partial charge in [-0.05, 0) is 46.5 Å². The van der Waals surface area contributed by atoms with Crippen molar-refractivity contribution in [2.75, 3.05) is 13.2 Å². The summed E-state index contributed by atoms with van der Waals surface area (Å²) in [6.07, 6.45) is 1.26. The minimum atomic E-state index is -1.13. The van der Waals surface area contributed by atoms with Crippen LogP contribution in [-0.4, -0.2) is 63.9 Å². The van der Waals surface area contributed by atoms with E-state index in [1.54, 1.807) is 20.8 Å². The van der Waals surface area contributed by atoms with Gasteiger partial charge in [0.1, 0.15) is 18.2 Å². The first-order valence-corrected chi connectivity index (χ1v) is 7.76. The number of ether oxygens (including phenoxy) is 1. The quantitative estimate of drug-likeness (QED) is 0.684. The van der Waals surface area contributed by atoms with Crippen LogP contribution >= 0.6 is 0 Å². The van der Waals surface area contributed by atoms with Gasteiger partial charge in [-0.1, -0.05) is 0 Å². The van der Waals surface area contributed by atoms with Crippen molar-refractivity contribution in [2.45, 2.75) is 64.1 Å². The van der Waals surface area contributed by atoms with Crippen molar-refractivity contribution < 1.29 is 29.3 Å². The molecule has 0 aromatic carbocycles. The van der Waals surface area contributed by atoms with Gasteiger partial charge < -0.3 is 25.2 Å². The summed E-state index contributed by atoms with van der Waals surface area (Å²) in [5.74, 6) is -1.58. The van der Waals surface area contributed by atoms with Crippen molar-refractivity contribution in [1.29, 1.82) is 0 Å². The number of nitrogens with zero attached hydrogens (tertiary/aromatic N) is 1. The number of likely N-dealkylation sites (tertiary alicyclic amines) is 1. The summed E-state index contributed by atoms with van der Waals surface area (Å²) in [6.45, 7) is 4.58. The average molecular weight is 330 g/mol. The van der Waals surface area contributed by atoms with Crippen molar-refractivity contribution in [1.82, 2.24) is 10.2 Å². The second-order valence-corrected chi connectivity index (χ2v) is 6.66. The molecule has 1 aliphatic heterocycles. The Bertz CT molecular complexity index is 446. The molecule has 0 radical (unpaired) electrons. The second kappa shape index (κ2) is 8.14. The summed E-state index contributed by atoms with van der Waals surface area (Å²) in [5, 5.41) is 20.6. The standard InChI is InChI=1S/C15H26N2O6/c1-15(2,3)23-14(22)16-11-6-4-5-10(7-8-18)17(13(11)21)9-12(19)20/h10-11,18H,4-9H2,1-3H3,(H,16,22)(H,19,20)/t10-,11+/m1/s1. The Labute approximate surface area is 135 Å². The number of amides is 2. The molecule has 8 heteroatoms. The summed E-state index contributed by atoms with van der Waals surface area (Å²) in [6, 6.07) is -1.15. The van der Waals surface area contributed by atoms with Gasteiger partial charge in [0.25, 0.3) is 0 Å². The maximum atomic E-state index is 12.6. The molecule has 0 bridgehead atoms. The number of carboxylic acids is 1. The summed E-state index contributed by atoms with van der Waals surface area (Å²) >= 11 is 0. The highest BCUT2D eigenvalue weighted by Gasteiger charge is 2.35. The Kier molecular flexibility index (Phi) is 6.80. The molecule has 0 unspecified atom stereocenters. The number of hydrogen-bond donors (Lipinski definition) is 3. The Balaban J connectivity index is 2.83. The Morgan fingerprint density at radius 2 is 2.00 bits per heavy atom. The Morgan fingerprint density at radius 1 is 1.35 bits per heavy atom. The molecule has 0 saturated carbocycles. The number of aliphatic hydroxyl groups is 1. The van der Waals surface area contributed by atoms with E-state index in [4.69, 9.17) is 14.9 Å². The average Bonchev–Trinajstić information content (AvgIpc) is 2.51. The first-order chi connectivity index (χ1) is 10.6. The molecule has 2 amide bonds. The summed E-state index contributed by atoms with van der Waals surface area (Å²) in [4.78, 5) is 36.7. The third kappa shape index (κ3) is 6.43. The molecule has 1 saturated heterocycles. The van der Waals surface area contributed by atoms with Crippen molar-refractivity contribution in [2.24, 2.45) is 0 Å². The number of nitrogens with one attached hydrogen (secondary N) is 1. The van der Waals surface area contributed by atoms with Crippen LogP contribution in [0.5, 0.6) is 0 Å². The van der Waals surface area contributed by atoms with Crippen LogP contribution in [0.3, 0.4) is 0 Å². The lowest BCUT2D eigenvalue weighted by molar-refractivity contribution is -0.147. The maximum absolute atomic E-state index is 12.6. The molecular formula is C15H26N2O6. The number of aliphatic hydroxyl groups excluding tert-OH is 1. The molecule has 3 N–H and O–H groups in total. The van der Waals surface area contributed by atoms with Gasteiger partial charge in [0, 0.05) is 12.6 Å². The minimum Gasteiger partial charge on any atom is -0.480 e. The molecule has 1 rings (SSSR count). The number of rotatable bonds is 5. The predicted octanol–water partition coefficient (Wildman–Crippen LogP) is 0.728. The van der Waals surface area contributed by atoms with Gasteiger partial charge in [0.05, 0.1) is 0 Å². The maximum Gasteiger partial charge on any atom is 0.408 e. The molecule has 2 atom stereocenters. The number of hydrogen-bond acceptors (Lipinski definition) is 5. The summed E-state index contributed by atoms with van der Waals surface area (Å²) in [7, 11) is 0. The first-order valence-electron chi connectivity index (χ1n) is 7.76. The van der Waals surface area contributed by atoms with E-state index in [9.17, 15) is 14.4 Å². The van der Waals surface area contributed by atoms with Crippen LogP contribution in [0.1, 0.15) is 46.5 Å². The number of carboxylic acid groups (broad SMARTS) is 1. The van der Waals surface area contributed by atoms with E-state index in [0.717, 1.165) is 0 Å². The molecule has 132 valence electrons. The van der Waals surface area contributed by atoms with Gasteiger partial charge in [0.2, 0.25) is 5.91 Å². The van der Waals surface area contributed by atoms with Crippen LogP contribution in [-0.2, 0) is 14.3 Å². The lowest BCUT2D eigenvalue weighted by Crippen LogP contribution is -2.52. The SMILES string of the molecule is CC(C)(C)OC(=O)N[C@H]1CCC[C@H](CCO)N(CC(=O)O)C1=O. The van der Waals surface area contributed by atoms with E-state index in [0.29, 0.717) is 25.7 Å². The molecule has 23 heavy (non-hydrogen) atoms.